The van der Waals surface area contributed by atoms with E-state index in [1.807, 2.05) is 6.07 Å². The van der Waals surface area contributed by atoms with Crippen LogP contribution in [0.15, 0.2) is 30.3 Å². The molecule has 1 amide bonds. The number of esters is 1. The predicted octanol–water partition coefficient (Wildman–Crippen LogP) is 0.754. The van der Waals surface area contributed by atoms with E-state index in [1.165, 1.54) is 0 Å². The molecule has 5 nitrogen and oxygen atoms in total. The van der Waals surface area contributed by atoms with Crippen LogP contribution >= 0.6 is 0 Å². The first-order chi connectivity index (χ1) is 8.65. The third-order valence-corrected chi connectivity index (χ3v) is 2.53. The Morgan fingerprint density at radius 3 is 2.11 bits per heavy atom. The highest BCUT2D eigenvalue weighted by atomic mass is 16.6. The molecule has 0 aliphatic rings. The first kappa shape index (κ1) is 15.2. The van der Waals surface area contributed by atoms with Crippen LogP contribution in [-0.4, -0.2) is 23.0 Å². The zero-order chi connectivity index (χ0) is 14.7. The summed E-state index contributed by atoms with van der Waals surface area (Å²) in [5.74, 6) is -1.71. The minimum atomic E-state index is -1.85. The number of benzene rings is 1. The standard InChI is InChI=1S/C14H20N2O3/c1-13(2,3)19-12(18)14(16,11(15)17)9-10-7-5-4-6-8-10/h4-8H,9,16H2,1-3H3,(H2,15,17)/t14-/m0/s1. The van der Waals surface area contributed by atoms with E-state index in [4.69, 9.17) is 16.2 Å². The number of rotatable bonds is 4. The van der Waals surface area contributed by atoms with Crippen LogP contribution in [0.5, 0.6) is 0 Å². The SMILES string of the molecule is CC(C)(C)OC(=O)[C@](N)(Cc1ccccc1)C(N)=O. The molecule has 0 saturated carbocycles. The Labute approximate surface area is 112 Å². The molecule has 5 heteroatoms. The minimum absolute atomic E-state index is 0.0120. The Morgan fingerprint density at radius 2 is 1.68 bits per heavy atom. The number of hydrogen-bond donors (Lipinski definition) is 2. The number of ether oxygens (including phenoxy) is 1. The molecular formula is C14H20N2O3. The number of carbonyl (C=O) groups excluding carboxylic acids is 2. The molecule has 0 aliphatic carbocycles. The van der Waals surface area contributed by atoms with Gasteiger partial charge in [-0.05, 0) is 26.3 Å². The van der Waals surface area contributed by atoms with Gasteiger partial charge >= 0.3 is 5.97 Å². The fraction of sp³-hybridized carbons (Fsp3) is 0.429. The van der Waals surface area contributed by atoms with Gasteiger partial charge in [-0.15, -0.1) is 0 Å². The maximum absolute atomic E-state index is 12.1. The summed E-state index contributed by atoms with van der Waals surface area (Å²) in [7, 11) is 0. The van der Waals surface area contributed by atoms with Crippen molar-refractivity contribution >= 4 is 11.9 Å². The van der Waals surface area contributed by atoms with Crippen molar-refractivity contribution in [1.29, 1.82) is 0 Å². The van der Waals surface area contributed by atoms with E-state index in [0.717, 1.165) is 5.56 Å². The molecule has 0 saturated heterocycles. The molecule has 1 aromatic rings. The van der Waals surface area contributed by atoms with Crippen molar-refractivity contribution in [3.05, 3.63) is 35.9 Å². The molecule has 4 N–H and O–H groups in total. The van der Waals surface area contributed by atoms with Gasteiger partial charge in [0.1, 0.15) is 5.60 Å². The van der Waals surface area contributed by atoms with Gasteiger partial charge in [0.25, 0.3) is 0 Å². The van der Waals surface area contributed by atoms with Crippen molar-refractivity contribution in [2.24, 2.45) is 11.5 Å². The summed E-state index contributed by atoms with van der Waals surface area (Å²) in [5.41, 5.74) is 9.31. The number of carbonyl (C=O) groups is 2. The molecule has 1 aromatic carbocycles. The maximum Gasteiger partial charge on any atom is 0.336 e. The van der Waals surface area contributed by atoms with Crippen molar-refractivity contribution < 1.29 is 14.3 Å². The smallest absolute Gasteiger partial charge is 0.336 e. The molecule has 1 atom stereocenters. The predicted molar refractivity (Wildman–Crippen MR) is 72.1 cm³/mol. The Kier molecular flexibility index (Phi) is 4.32. The highest BCUT2D eigenvalue weighted by molar-refractivity contribution is 6.06. The van der Waals surface area contributed by atoms with Crippen molar-refractivity contribution in [2.45, 2.75) is 38.3 Å². The maximum atomic E-state index is 12.1. The summed E-state index contributed by atoms with van der Waals surface area (Å²) < 4.78 is 5.17. The monoisotopic (exact) mass is 264 g/mol. The molecule has 0 spiro atoms. The number of nitrogens with two attached hydrogens (primary N) is 2. The van der Waals surface area contributed by atoms with Crippen LogP contribution in [0.2, 0.25) is 0 Å². The highest BCUT2D eigenvalue weighted by Crippen LogP contribution is 2.17. The second kappa shape index (κ2) is 5.40. The van der Waals surface area contributed by atoms with Crippen LogP contribution in [0.3, 0.4) is 0 Å². The molecule has 0 fully saturated rings. The summed E-state index contributed by atoms with van der Waals surface area (Å²) in [5, 5.41) is 0. The quantitative estimate of drug-likeness (QED) is 0.619. The van der Waals surface area contributed by atoms with Gasteiger partial charge < -0.3 is 16.2 Å². The van der Waals surface area contributed by atoms with E-state index in [9.17, 15) is 9.59 Å². The molecule has 0 aliphatic heterocycles. The van der Waals surface area contributed by atoms with E-state index >= 15 is 0 Å². The van der Waals surface area contributed by atoms with Gasteiger partial charge in [0.05, 0.1) is 0 Å². The van der Waals surface area contributed by atoms with Gasteiger partial charge in [-0.1, -0.05) is 30.3 Å². The average Bonchev–Trinajstić information content (AvgIpc) is 2.27. The topological polar surface area (TPSA) is 95.4 Å². The molecular weight excluding hydrogens is 244 g/mol. The van der Waals surface area contributed by atoms with Crippen molar-refractivity contribution in [1.82, 2.24) is 0 Å². The third kappa shape index (κ3) is 4.06. The van der Waals surface area contributed by atoms with Gasteiger partial charge in [0, 0.05) is 6.42 Å². The van der Waals surface area contributed by atoms with Crippen LogP contribution < -0.4 is 11.5 Å². The lowest BCUT2D eigenvalue weighted by Gasteiger charge is -2.28. The first-order valence-electron chi connectivity index (χ1n) is 6.01. The van der Waals surface area contributed by atoms with Crippen LogP contribution in [0.4, 0.5) is 0 Å². The van der Waals surface area contributed by atoms with Crippen molar-refractivity contribution in [2.75, 3.05) is 0 Å². The molecule has 19 heavy (non-hydrogen) atoms. The lowest BCUT2D eigenvalue weighted by atomic mass is 9.91. The average molecular weight is 264 g/mol. The minimum Gasteiger partial charge on any atom is -0.458 e. The van der Waals surface area contributed by atoms with E-state index in [2.05, 4.69) is 0 Å². The van der Waals surface area contributed by atoms with Gasteiger partial charge in [0.2, 0.25) is 5.91 Å². The Morgan fingerprint density at radius 1 is 1.16 bits per heavy atom. The normalized spacial score (nSPS) is 14.5. The van der Waals surface area contributed by atoms with Crippen molar-refractivity contribution in [3.8, 4) is 0 Å². The van der Waals surface area contributed by atoms with Crippen LogP contribution in [0.1, 0.15) is 26.3 Å². The summed E-state index contributed by atoms with van der Waals surface area (Å²) >= 11 is 0. The zero-order valence-electron chi connectivity index (χ0n) is 11.5. The zero-order valence-corrected chi connectivity index (χ0v) is 11.5. The van der Waals surface area contributed by atoms with Crippen LogP contribution in [0, 0.1) is 0 Å². The molecule has 0 aromatic heterocycles. The number of amides is 1. The van der Waals surface area contributed by atoms with Gasteiger partial charge in [0.15, 0.2) is 5.54 Å². The van der Waals surface area contributed by atoms with E-state index < -0.39 is 23.0 Å². The van der Waals surface area contributed by atoms with Crippen molar-refractivity contribution in [3.63, 3.8) is 0 Å². The Balaban J connectivity index is 2.98. The summed E-state index contributed by atoms with van der Waals surface area (Å²) in [6, 6.07) is 8.97. The molecule has 0 heterocycles. The second-order valence-electron chi connectivity index (χ2n) is 5.50. The molecule has 0 bridgehead atoms. The lowest BCUT2D eigenvalue weighted by molar-refractivity contribution is -0.163. The van der Waals surface area contributed by atoms with E-state index in [0.29, 0.717) is 0 Å². The number of primary amides is 1. The Bertz CT molecular complexity index is 465. The largest absolute Gasteiger partial charge is 0.458 e. The van der Waals surface area contributed by atoms with Gasteiger partial charge in [-0.25, -0.2) is 4.79 Å². The van der Waals surface area contributed by atoms with Crippen LogP contribution in [-0.2, 0) is 20.7 Å². The van der Waals surface area contributed by atoms with Crippen LogP contribution in [0.25, 0.3) is 0 Å². The Hall–Kier alpha value is -1.88. The highest BCUT2D eigenvalue weighted by Gasteiger charge is 2.43. The third-order valence-electron chi connectivity index (χ3n) is 2.53. The molecule has 1 rings (SSSR count). The molecule has 0 radical (unpaired) electrons. The van der Waals surface area contributed by atoms with E-state index in [-0.39, 0.29) is 6.42 Å². The summed E-state index contributed by atoms with van der Waals surface area (Å²) in [6.07, 6.45) is 0.0120. The fourth-order valence-electron chi connectivity index (χ4n) is 1.55. The van der Waals surface area contributed by atoms with Gasteiger partial charge in [-0.3, -0.25) is 4.79 Å². The molecule has 104 valence electrons. The fourth-order valence-corrected chi connectivity index (χ4v) is 1.55. The lowest BCUT2D eigenvalue weighted by Crippen LogP contribution is -2.61. The van der Waals surface area contributed by atoms with E-state index in [1.54, 1.807) is 45.0 Å². The number of hydrogen-bond acceptors (Lipinski definition) is 4. The summed E-state index contributed by atoms with van der Waals surface area (Å²) in [6.45, 7) is 5.11. The summed E-state index contributed by atoms with van der Waals surface area (Å²) in [4.78, 5) is 23.6. The first-order valence-corrected chi connectivity index (χ1v) is 6.01. The second-order valence-corrected chi connectivity index (χ2v) is 5.50. The van der Waals surface area contributed by atoms with Gasteiger partial charge in [-0.2, -0.15) is 0 Å². The molecule has 0 unspecified atom stereocenters.